The van der Waals surface area contributed by atoms with E-state index in [1.165, 1.54) is 23.9 Å². The van der Waals surface area contributed by atoms with Crippen molar-refractivity contribution in [3.05, 3.63) is 69.3 Å². The fourth-order valence-corrected chi connectivity index (χ4v) is 3.61. The summed E-state index contributed by atoms with van der Waals surface area (Å²) < 4.78 is 0. The van der Waals surface area contributed by atoms with E-state index in [2.05, 4.69) is 0 Å². The Labute approximate surface area is 142 Å². The Morgan fingerprint density at radius 1 is 1.21 bits per heavy atom. The molecule has 0 bridgehead atoms. The van der Waals surface area contributed by atoms with Gasteiger partial charge in [-0.05, 0) is 18.6 Å². The molecular formula is C15H15NO6PS+. The van der Waals surface area contributed by atoms with Gasteiger partial charge in [-0.25, -0.2) is 4.79 Å². The quantitative estimate of drug-likeness (QED) is 0.310. The molecule has 0 aromatic heterocycles. The first-order valence-corrected chi connectivity index (χ1v) is 9.41. The van der Waals surface area contributed by atoms with Crippen molar-refractivity contribution >= 4 is 30.9 Å². The normalized spacial score (nSPS) is 11.3. The Morgan fingerprint density at radius 3 is 2.50 bits per heavy atom. The van der Waals surface area contributed by atoms with Gasteiger partial charge in [0.25, 0.3) is 5.69 Å². The van der Waals surface area contributed by atoms with Gasteiger partial charge in [0.2, 0.25) is 0 Å². The summed E-state index contributed by atoms with van der Waals surface area (Å²) in [7, 11) is -4.78. The Morgan fingerprint density at radius 2 is 1.92 bits per heavy atom. The van der Waals surface area contributed by atoms with Gasteiger partial charge in [-0.2, -0.15) is 14.7 Å². The summed E-state index contributed by atoms with van der Waals surface area (Å²) in [5.41, 5.74) is 0.0984. The van der Waals surface area contributed by atoms with E-state index in [1.54, 1.807) is 0 Å². The number of carbonyl (C=O) groups excluding carboxylic acids is 1. The van der Waals surface area contributed by atoms with Crippen LogP contribution in [0.5, 0.6) is 0 Å². The Hall–Kier alpha value is -1.83. The molecule has 126 valence electrons. The van der Waals surface area contributed by atoms with E-state index < -0.39 is 18.4 Å². The first-order valence-electron chi connectivity index (χ1n) is 6.77. The van der Waals surface area contributed by atoms with Crippen LogP contribution in [0, 0.1) is 17.0 Å². The summed E-state index contributed by atoms with van der Waals surface area (Å²) in [5, 5.41) is 10.9. The predicted molar refractivity (Wildman–Crippen MR) is 91.7 cm³/mol. The van der Waals surface area contributed by atoms with Gasteiger partial charge in [0.1, 0.15) is 0 Å². The molecule has 0 aliphatic rings. The molecular weight excluding hydrogens is 353 g/mol. The molecule has 0 aliphatic heterocycles. The number of nitrogens with zero attached hydrogens (tertiary/aromatic N) is 1. The van der Waals surface area contributed by atoms with Crippen LogP contribution in [0.15, 0.2) is 47.4 Å². The maximum Gasteiger partial charge on any atom is 0.483 e. The summed E-state index contributed by atoms with van der Waals surface area (Å²) in [6, 6.07) is 11.2. The van der Waals surface area contributed by atoms with Crippen LogP contribution in [-0.4, -0.2) is 25.1 Å². The highest BCUT2D eigenvalue weighted by Gasteiger charge is 2.45. The fourth-order valence-electron chi connectivity index (χ4n) is 2.05. The second kappa shape index (κ2) is 7.38. The van der Waals surface area contributed by atoms with E-state index in [9.17, 15) is 29.6 Å². The van der Waals surface area contributed by atoms with Crippen molar-refractivity contribution in [2.75, 3.05) is 0 Å². The third kappa shape index (κ3) is 4.59. The highest BCUT2D eigenvalue weighted by Crippen LogP contribution is 2.50. The molecule has 0 heterocycles. The van der Waals surface area contributed by atoms with Crippen molar-refractivity contribution in [3.8, 4) is 0 Å². The molecule has 0 spiro atoms. The third-order valence-electron chi connectivity index (χ3n) is 3.15. The highest BCUT2D eigenvalue weighted by molar-refractivity contribution is 7.98. The van der Waals surface area contributed by atoms with Crippen LogP contribution in [0.4, 0.5) is 5.69 Å². The highest BCUT2D eigenvalue weighted by atomic mass is 32.2. The Bertz CT molecular complexity index is 790. The molecule has 0 radical (unpaired) electrons. The van der Waals surface area contributed by atoms with Crippen LogP contribution in [0.25, 0.3) is 0 Å². The molecule has 2 aromatic carbocycles. The van der Waals surface area contributed by atoms with Gasteiger partial charge in [0.05, 0.1) is 10.5 Å². The van der Waals surface area contributed by atoms with Crippen molar-refractivity contribution < 1.29 is 24.4 Å². The number of carbonyl (C=O) groups is 1. The van der Waals surface area contributed by atoms with Gasteiger partial charge < -0.3 is 0 Å². The fraction of sp³-hybridized carbons (Fsp3) is 0.133. The lowest BCUT2D eigenvalue weighted by Crippen LogP contribution is -2.07. The minimum atomic E-state index is -4.78. The standard InChI is InChI=1S/C15H15NO6PS/c1-10-3-2-4-11(7-10)9-24-14-6-5-12(16(18)19)8-13(14)15(17)23(20,21)22/h2-8,20-22H,9H2,1H3/q+1. The number of hydrogen-bond acceptors (Lipinski definition) is 7. The van der Waals surface area contributed by atoms with Crippen LogP contribution in [0.2, 0.25) is 0 Å². The number of hydrogen-bond donors (Lipinski definition) is 3. The van der Waals surface area contributed by atoms with Crippen LogP contribution in [0.3, 0.4) is 0 Å². The van der Waals surface area contributed by atoms with E-state index >= 15 is 0 Å². The summed E-state index contributed by atoms with van der Waals surface area (Å²) >= 11 is 1.21. The summed E-state index contributed by atoms with van der Waals surface area (Å²) in [5.74, 6) is 0.480. The molecule has 9 heteroatoms. The first kappa shape index (κ1) is 18.5. The largest absolute Gasteiger partial charge is 0.483 e. The van der Waals surface area contributed by atoms with E-state index in [1.807, 2.05) is 31.2 Å². The van der Waals surface area contributed by atoms with Gasteiger partial charge in [0.15, 0.2) is 0 Å². The van der Waals surface area contributed by atoms with E-state index in [4.69, 9.17) is 0 Å². The Kier molecular flexibility index (Phi) is 5.69. The molecule has 7 nitrogen and oxygen atoms in total. The van der Waals surface area contributed by atoms with Crippen molar-refractivity contribution in [1.29, 1.82) is 0 Å². The number of rotatable bonds is 6. The third-order valence-corrected chi connectivity index (χ3v) is 5.08. The van der Waals surface area contributed by atoms with Crippen molar-refractivity contribution in [1.82, 2.24) is 0 Å². The van der Waals surface area contributed by atoms with Gasteiger partial charge in [-0.3, -0.25) is 10.1 Å². The topological polar surface area (TPSA) is 121 Å². The minimum Gasteiger partial charge on any atom is -0.258 e. The number of aryl methyl sites for hydroxylation is 1. The second-order valence-electron chi connectivity index (χ2n) is 5.09. The smallest absolute Gasteiger partial charge is 0.258 e. The second-order valence-corrected chi connectivity index (χ2v) is 7.65. The number of thioether (sulfide) groups is 1. The molecule has 2 aromatic rings. The molecule has 0 atom stereocenters. The molecule has 24 heavy (non-hydrogen) atoms. The molecule has 0 fully saturated rings. The predicted octanol–water partition coefficient (Wildman–Crippen LogP) is 3.08. The van der Waals surface area contributed by atoms with Gasteiger partial charge in [-0.15, -0.1) is 11.8 Å². The zero-order valence-electron chi connectivity index (χ0n) is 12.6. The van der Waals surface area contributed by atoms with Gasteiger partial charge in [-0.1, -0.05) is 29.8 Å². The van der Waals surface area contributed by atoms with E-state index in [0.717, 1.165) is 17.2 Å². The lowest BCUT2D eigenvalue weighted by atomic mass is 10.2. The SMILES string of the molecule is Cc1cccc(CSc2ccc([N+](=O)[O-])cc2C(=O)[P+](O)(O)O)c1. The van der Waals surface area contributed by atoms with Crippen LogP contribution >= 0.6 is 19.7 Å². The molecule has 0 saturated carbocycles. The minimum absolute atomic E-state index is 0.275. The molecule has 2 rings (SSSR count). The molecule has 0 saturated heterocycles. The van der Waals surface area contributed by atoms with Crippen molar-refractivity contribution in [3.63, 3.8) is 0 Å². The zero-order valence-corrected chi connectivity index (χ0v) is 14.3. The molecule has 0 unspecified atom stereocenters. The van der Waals surface area contributed by atoms with E-state index in [-0.39, 0.29) is 11.3 Å². The van der Waals surface area contributed by atoms with Crippen LogP contribution in [-0.2, 0) is 5.75 Å². The van der Waals surface area contributed by atoms with Gasteiger partial charge >= 0.3 is 13.5 Å². The maximum absolute atomic E-state index is 12.0. The summed E-state index contributed by atoms with van der Waals surface area (Å²) in [6.45, 7) is 1.94. The molecule has 0 amide bonds. The lowest BCUT2D eigenvalue weighted by molar-refractivity contribution is -0.384. The van der Waals surface area contributed by atoms with Crippen molar-refractivity contribution in [2.45, 2.75) is 17.6 Å². The average Bonchev–Trinajstić information content (AvgIpc) is 2.51. The zero-order chi connectivity index (χ0) is 17.9. The lowest BCUT2D eigenvalue weighted by Gasteiger charge is -2.09. The number of nitro groups is 1. The van der Waals surface area contributed by atoms with E-state index in [0.29, 0.717) is 10.6 Å². The van der Waals surface area contributed by atoms with Crippen molar-refractivity contribution in [2.24, 2.45) is 0 Å². The van der Waals surface area contributed by atoms with Crippen LogP contribution in [0.1, 0.15) is 21.5 Å². The molecule has 0 aliphatic carbocycles. The maximum atomic E-state index is 12.0. The number of nitro benzene ring substituents is 1. The number of non-ortho nitro benzene ring substituents is 1. The summed E-state index contributed by atoms with van der Waals surface area (Å²) in [4.78, 5) is 50.1. The summed E-state index contributed by atoms with van der Waals surface area (Å²) in [6.07, 6.45) is 0. The average molecular weight is 368 g/mol. The Balaban J connectivity index is 2.34. The van der Waals surface area contributed by atoms with Gasteiger partial charge in [0, 0.05) is 22.8 Å². The molecule has 3 N–H and O–H groups in total. The monoisotopic (exact) mass is 368 g/mol. The van der Waals surface area contributed by atoms with Crippen LogP contribution < -0.4 is 0 Å². The first-order chi connectivity index (χ1) is 11.2. The number of benzene rings is 2.